The lowest BCUT2D eigenvalue weighted by molar-refractivity contribution is -0.139. The van der Waals surface area contributed by atoms with Gasteiger partial charge in [-0.1, -0.05) is 0 Å². The van der Waals surface area contributed by atoms with Crippen LogP contribution in [0.2, 0.25) is 0 Å². The second-order valence-corrected chi connectivity index (χ2v) is 5.38. The van der Waals surface area contributed by atoms with Gasteiger partial charge in [-0.2, -0.15) is 4.72 Å². The van der Waals surface area contributed by atoms with Crippen molar-refractivity contribution in [3.8, 4) is 0 Å². The Balaban J connectivity index is 3.17. The Morgan fingerprint density at radius 3 is 2.35 bits per heavy atom. The van der Waals surface area contributed by atoms with Crippen molar-refractivity contribution in [1.29, 1.82) is 0 Å². The third-order valence-corrected chi connectivity index (χ3v) is 3.79. The van der Waals surface area contributed by atoms with E-state index in [0.717, 1.165) is 0 Å². The minimum Gasteiger partial charge on any atom is -0.480 e. The number of sulfonamides is 1. The fourth-order valence-corrected chi connectivity index (χ4v) is 2.62. The zero-order valence-electron chi connectivity index (χ0n) is 9.81. The minimum atomic E-state index is -4.72. The van der Waals surface area contributed by atoms with Crippen molar-refractivity contribution in [2.24, 2.45) is 0 Å². The zero-order valence-corrected chi connectivity index (χ0v) is 10.6. The molecule has 0 unspecified atom stereocenters. The van der Waals surface area contributed by atoms with Gasteiger partial charge in [0.05, 0.1) is 0 Å². The van der Waals surface area contributed by atoms with Crippen LogP contribution in [0.3, 0.4) is 0 Å². The molecule has 6 nitrogen and oxygen atoms in total. The van der Waals surface area contributed by atoms with Crippen LogP contribution in [0.15, 0.2) is 17.0 Å². The lowest BCUT2D eigenvalue weighted by Gasteiger charge is -2.14. The summed E-state index contributed by atoms with van der Waals surface area (Å²) >= 11 is 0. The van der Waals surface area contributed by atoms with E-state index in [9.17, 15) is 26.4 Å². The second-order valence-electron chi connectivity index (χ2n) is 3.70. The van der Waals surface area contributed by atoms with Crippen molar-refractivity contribution in [2.45, 2.75) is 17.4 Å². The van der Waals surface area contributed by atoms with E-state index in [4.69, 9.17) is 10.2 Å². The number of rotatable bonds is 6. The molecule has 1 aromatic rings. The summed E-state index contributed by atoms with van der Waals surface area (Å²) in [7, 11) is -4.72. The van der Waals surface area contributed by atoms with Crippen molar-refractivity contribution >= 4 is 16.0 Å². The number of aliphatic hydroxyl groups excluding tert-OH is 1. The van der Waals surface area contributed by atoms with Crippen LogP contribution in [-0.4, -0.2) is 37.2 Å². The first-order valence-electron chi connectivity index (χ1n) is 5.20. The molecule has 0 aromatic heterocycles. The third-order valence-electron chi connectivity index (χ3n) is 2.30. The van der Waals surface area contributed by atoms with Gasteiger partial charge in [-0.3, -0.25) is 4.79 Å². The van der Waals surface area contributed by atoms with E-state index in [0.29, 0.717) is 12.1 Å². The van der Waals surface area contributed by atoms with Gasteiger partial charge in [0.15, 0.2) is 17.5 Å². The predicted molar refractivity (Wildman–Crippen MR) is 59.8 cm³/mol. The first-order chi connectivity index (χ1) is 9.20. The SMILES string of the molecule is O=C(O)[C@H](CCO)NS(=O)(=O)c1ccc(F)c(F)c1F. The quantitative estimate of drug-likeness (QED) is 0.652. The van der Waals surface area contributed by atoms with Crippen LogP contribution in [0.1, 0.15) is 6.42 Å². The first-order valence-corrected chi connectivity index (χ1v) is 6.68. The number of halogens is 3. The Kier molecular flexibility index (Phi) is 5.09. The maximum atomic E-state index is 13.4. The standard InChI is InChI=1S/C10H10F3NO5S/c11-5-1-2-7(9(13)8(5)12)20(18,19)14-6(3-4-15)10(16)17/h1-2,6,14-15H,3-4H2,(H,16,17)/t6-/m0/s1. The van der Waals surface area contributed by atoms with E-state index in [2.05, 4.69) is 0 Å². The number of hydrogen-bond donors (Lipinski definition) is 3. The molecule has 0 aliphatic carbocycles. The molecule has 1 atom stereocenters. The van der Waals surface area contributed by atoms with Crippen molar-refractivity contribution < 1.29 is 36.6 Å². The maximum absolute atomic E-state index is 13.4. The molecule has 0 fully saturated rings. The van der Waals surface area contributed by atoms with Crippen LogP contribution in [0.5, 0.6) is 0 Å². The second kappa shape index (κ2) is 6.20. The first kappa shape index (κ1) is 16.4. The van der Waals surface area contributed by atoms with Gasteiger partial charge in [-0.25, -0.2) is 21.6 Å². The number of aliphatic hydroxyl groups is 1. The molecule has 3 N–H and O–H groups in total. The van der Waals surface area contributed by atoms with Crippen LogP contribution in [0.25, 0.3) is 0 Å². The van der Waals surface area contributed by atoms with E-state index in [1.807, 2.05) is 0 Å². The molecule has 0 spiro atoms. The predicted octanol–water partition coefficient (Wildman–Crippen LogP) is 0.218. The average molecular weight is 313 g/mol. The van der Waals surface area contributed by atoms with Crippen LogP contribution < -0.4 is 4.72 Å². The summed E-state index contributed by atoms with van der Waals surface area (Å²) in [6.07, 6.45) is -0.472. The Bertz CT molecular complexity index is 620. The molecule has 1 rings (SSSR count). The van der Waals surface area contributed by atoms with Gasteiger partial charge in [-0.05, 0) is 18.6 Å². The molecule has 0 radical (unpaired) electrons. The monoisotopic (exact) mass is 313 g/mol. The Morgan fingerprint density at radius 2 is 1.85 bits per heavy atom. The fourth-order valence-electron chi connectivity index (χ4n) is 1.33. The number of nitrogens with one attached hydrogen (secondary N) is 1. The zero-order chi connectivity index (χ0) is 15.5. The number of carboxylic acids is 1. The fraction of sp³-hybridized carbons (Fsp3) is 0.300. The van der Waals surface area contributed by atoms with Crippen LogP contribution in [0.4, 0.5) is 13.2 Å². The Morgan fingerprint density at radius 1 is 1.25 bits per heavy atom. The topological polar surface area (TPSA) is 104 Å². The molecule has 0 saturated carbocycles. The van der Waals surface area contributed by atoms with Crippen molar-refractivity contribution in [3.63, 3.8) is 0 Å². The molecule has 1 aromatic carbocycles. The smallest absolute Gasteiger partial charge is 0.321 e. The van der Waals surface area contributed by atoms with Gasteiger partial charge in [-0.15, -0.1) is 0 Å². The summed E-state index contributed by atoms with van der Waals surface area (Å²) in [4.78, 5) is 9.52. The third kappa shape index (κ3) is 3.46. The van der Waals surface area contributed by atoms with Gasteiger partial charge in [0.2, 0.25) is 10.0 Å². The largest absolute Gasteiger partial charge is 0.480 e. The molecule has 0 heterocycles. The number of benzene rings is 1. The number of carboxylic acid groups (broad SMARTS) is 1. The molecule has 112 valence electrons. The van der Waals surface area contributed by atoms with Gasteiger partial charge < -0.3 is 10.2 Å². The minimum absolute atomic E-state index is 0.398. The molecule has 0 aliphatic rings. The lowest BCUT2D eigenvalue weighted by Crippen LogP contribution is -2.41. The highest BCUT2D eigenvalue weighted by atomic mass is 32.2. The summed E-state index contributed by atoms with van der Waals surface area (Å²) in [5.41, 5.74) is 0. The molecule has 10 heteroatoms. The summed E-state index contributed by atoms with van der Waals surface area (Å²) in [5, 5.41) is 17.3. The molecule has 0 amide bonds. The van der Waals surface area contributed by atoms with E-state index in [-0.39, 0.29) is 0 Å². The molecule has 0 bridgehead atoms. The van der Waals surface area contributed by atoms with Crippen LogP contribution in [-0.2, 0) is 14.8 Å². The van der Waals surface area contributed by atoms with Crippen LogP contribution in [0, 0.1) is 17.5 Å². The van der Waals surface area contributed by atoms with Crippen LogP contribution >= 0.6 is 0 Å². The number of aliphatic carboxylic acids is 1. The van der Waals surface area contributed by atoms with Gasteiger partial charge in [0, 0.05) is 6.61 Å². The molecule has 0 aliphatic heterocycles. The normalized spacial score (nSPS) is 13.2. The summed E-state index contributed by atoms with van der Waals surface area (Å²) in [6, 6.07) is -0.861. The van der Waals surface area contributed by atoms with Crippen molar-refractivity contribution in [3.05, 3.63) is 29.6 Å². The Hall–Kier alpha value is -1.65. The van der Waals surface area contributed by atoms with E-state index in [1.54, 1.807) is 4.72 Å². The molecular weight excluding hydrogens is 303 g/mol. The highest BCUT2D eigenvalue weighted by Gasteiger charge is 2.29. The van der Waals surface area contributed by atoms with Gasteiger partial charge in [0.1, 0.15) is 10.9 Å². The highest BCUT2D eigenvalue weighted by Crippen LogP contribution is 2.20. The Labute approximate surface area is 111 Å². The number of hydrogen-bond acceptors (Lipinski definition) is 4. The molecular formula is C10H10F3NO5S. The maximum Gasteiger partial charge on any atom is 0.321 e. The van der Waals surface area contributed by atoms with Crippen molar-refractivity contribution in [1.82, 2.24) is 4.72 Å². The summed E-state index contributed by atoms with van der Waals surface area (Å²) in [5.74, 6) is -7.12. The molecule has 0 saturated heterocycles. The summed E-state index contributed by atoms with van der Waals surface area (Å²) < 4.78 is 64.1. The van der Waals surface area contributed by atoms with Crippen molar-refractivity contribution in [2.75, 3.05) is 6.61 Å². The van der Waals surface area contributed by atoms with E-state index in [1.165, 1.54) is 0 Å². The van der Waals surface area contributed by atoms with Gasteiger partial charge >= 0.3 is 5.97 Å². The molecule has 20 heavy (non-hydrogen) atoms. The number of carbonyl (C=O) groups is 1. The highest BCUT2D eigenvalue weighted by molar-refractivity contribution is 7.89. The summed E-state index contributed by atoms with van der Waals surface area (Å²) in [6.45, 7) is -0.639. The lowest BCUT2D eigenvalue weighted by atomic mass is 10.2. The van der Waals surface area contributed by atoms with E-state index >= 15 is 0 Å². The average Bonchev–Trinajstić information content (AvgIpc) is 2.34. The van der Waals surface area contributed by atoms with Gasteiger partial charge in [0.25, 0.3) is 0 Å². The van der Waals surface area contributed by atoms with E-state index < -0.39 is 57.4 Å².